The highest BCUT2D eigenvalue weighted by Crippen LogP contribution is 2.34. The third-order valence-electron chi connectivity index (χ3n) is 4.83. The third kappa shape index (κ3) is 4.54. The van der Waals surface area contributed by atoms with E-state index in [9.17, 15) is 9.90 Å². The Hall–Kier alpha value is -1.95. The largest absolute Gasteiger partial charge is 0.454 e. The first-order valence-electron chi connectivity index (χ1n) is 8.80. The van der Waals surface area contributed by atoms with Crippen molar-refractivity contribution in [2.75, 3.05) is 25.3 Å². The number of carbonyl (C=O) groups is 1. The van der Waals surface area contributed by atoms with E-state index in [0.29, 0.717) is 29.6 Å². The summed E-state index contributed by atoms with van der Waals surface area (Å²) in [5.41, 5.74) is 0.657. The van der Waals surface area contributed by atoms with Crippen LogP contribution in [0.25, 0.3) is 0 Å². The van der Waals surface area contributed by atoms with Gasteiger partial charge in [-0.05, 0) is 30.4 Å². The first kappa shape index (κ1) is 16.9. The Morgan fingerprint density at radius 2 is 2.00 bits per heavy atom. The summed E-state index contributed by atoms with van der Waals surface area (Å²) in [6.07, 6.45) is 7.40. The minimum absolute atomic E-state index is 0.112. The second kappa shape index (κ2) is 8.24. The summed E-state index contributed by atoms with van der Waals surface area (Å²) in [7, 11) is 0. The van der Waals surface area contributed by atoms with Crippen molar-refractivity contribution in [3.05, 3.63) is 18.2 Å². The molecule has 6 heteroatoms. The van der Waals surface area contributed by atoms with Crippen LogP contribution in [0, 0.1) is 11.8 Å². The van der Waals surface area contributed by atoms with E-state index < -0.39 is 0 Å². The molecule has 0 spiro atoms. The average Bonchev–Trinajstić information content (AvgIpc) is 3.07. The summed E-state index contributed by atoms with van der Waals surface area (Å²) in [6.45, 7) is 0.814. The monoisotopic (exact) mass is 334 g/mol. The summed E-state index contributed by atoms with van der Waals surface area (Å²) in [5.74, 6) is 2.14. The maximum absolute atomic E-state index is 12.0. The quantitative estimate of drug-likeness (QED) is 0.747. The number of amides is 2. The highest BCUT2D eigenvalue weighted by Gasteiger charge is 2.19. The van der Waals surface area contributed by atoms with E-state index in [0.717, 1.165) is 6.42 Å². The van der Waals surface area contributed by atoms with Crippen molar-refractivity contribution in [2.24, 2.45) is 11.8 Å². The van der Waals surface area contributed by atoms with Crippen LogP contribution in [0.1, 0.15) is 38.5 Å². The first-order valence-corrected chi connectivity index (χ1v) is 8.80. The molecule has 24 heavy (non-hydrogen) atoms. The van der Waals surface area contributed by atoms with Gasteiger partial charge in [0.1, 0.15) is 0 Å². The second-order valence-corrected chi connectivity index (χ2v) is 6.69. The maximum atomic E-state index is 12.0. The lowest BCUT2D eigenvalue weighted by Crippen LogP contribution is -2.35. The maximum Gasteiger partial charge on any atom is 0.319 e. The van der Waals surface area contributed by atoms with Gasteiger partial charge in [0.05, 0.1) is 0 Å². The van der Waals surface area contributed by atoms with E-state index >= 15 is 0 Å². The summed E-state index contributed by atoms with van der Waals surface area (Å²) >= 11 is 0. The number of aliphatic hydroxyl groups excluding tert-OH is 1. The Morgan fingerprint density at radius 1 is 1.21 bits per heavy atom. The molecule has 0 bridgehead atoms. The van der Waals surface area contributed by atoms with E-state index in [4.69, 9.17) is 9.47 Å². The Bertz CT molecular complexity index is 558. The number of carbonyl (C=O) groups excluding carboxylic acids is 1. The van der Waals surface area contributed by atoms with Crippen LogP contribution in [0.2, 0.25) is 0 Å². The Kier molecular flexibility index (Phi) is 5.80. The molecule has 1 aliphatic carbocycles. The molecule has 0 radical (unpaired) electrons. The predicted octanol–water partition coefficient (Wildman–Crippen LogP) is 3.12. The van der Waals surface area contributed by atoms with Crippen molar-refractivity contribution in [3.63, 3.8) is 0 Å². The van der Waals surface area contributed by atoms with E-state index in [1.165, 1.54) is 32.1 Å². The molecule has 1 heterocycles. The topological polar surface area (TPSA) is 79.8 Å². The van der Waals surface area contributed by atoms with Gasteiger partial charge in [-0.1, -0.05) is 32.1 Å². The van der Waals surface area contributed by atoms with Gasteiger partial charge in [-0.15, -0.1) is 0 Å². The van der Waals surface area contributed by atoms with Crippen LogP contribution in [0.15, 0.2) is 18.2 Å². The van der Waals surface area contributed by atoms with Crippen molar-refractivity contribution < 1.29 is 19.4 Å². The summed E-state index contributed by atoms with van der Waals surface area (Å²) in [6, 6.07) is 5.03. The van der Waals surface area contributed by atoms with Gasteiger partial charge in [-0.3, -0.25) is 0 Å². The molecule has 0 aromatic heterocycles. The molecule has 6 nitrogen and oxygen atoms in total. The fraction of sp³-hybridized carbons (Fsp3) is 0.611. The van der Waals surface area contributed by atoms with Gasteiger partial charge in [0.2, 0.25) is 6.79 Å². The standard InChI is InChI=1S/C18H26N2O4/c21-11-14(8-13-4-2-1-3-5-13)10-19-18(22)20-15-6-7-16-17(9-15)24-12-23-16/h6-7,9,13-14,21H,1-5,8,10-12H2,(H2,19,20,22)/t14-/m1/s1. The van der Waals surface area contributed by atoms with Crippen LogP contribution in [0.4, 0.5) is 10.5 Å². The minimum Gasteiger partial charge on any atom is -0.454 e. The van der Waals surface area contributed by atoms with Crippen molar-refractivity contribution in [2.45, 2.75) is 38.5 Å². The molecule has 132 valence electrons. The molecule has 3 rings (SSSR count). The zero-order valence-corrected chi connectivity index (χ0v) is 13.9. The van der Waals surface area contributed by atoms with Crippen molar-refractivity contribution >= 4 is 11.7 Å². The number of aliphatic hydroxyl groups is 1. The average molecular weight is 334 g/mol. The second-order valence-electron chi connectivity index (χ2n) is 6.69. The Balaban J connectivity index is 1.43. The number of anilines is 1. The first-order chi connectivity index (χ1) is 11.7. The highest BCUT2D eigenvalue weighted by molar-refractivity contribution is 5.89. The number of hydrogen-bond donors (Lipinski definition) is 3. The lowest BCUT2D eigenvalue weighted by molar-refractivity contribution is 0.174. The van der Waals surface area contributed by atoms with Crippen molar-refractivity contribution in [3.8, 4) is 11.5 Å². The molecular formula is C18H26N2O4. The third-order valence-corrected chi connectivity index (χ3v) is 4.83. The van der Waals surface area contributed by atoms with Crippen LogP contribution >= 0.6 is 0 Å². The lowest BCUT2D eigenvalue weighted by atomic mass is 9.83. The molecule has 1 saturated carbocycles. The van der Waals surface area contributed by atoms with Crippen LogP contribution in [0.3, 0.4) is 0 Å². The fourth-order valence-corrected chi connectivity index (χ4v) is 3.50. The molecule has 1 aromatic rings. The van der Waals surface area contributed by atoms with Crippen molar-refractivity contribution in [1.82, 2.24) is 5.32 Å². The SMILES string of the molecule is O=C(NC[C@H](CO)CC1CCCCC1)Nc1ccc2c(c1)OCO2. The van der Waals surface area contributed by atoms with E-state index in [1.807, 2.05) is 0 Å². The molecule has 2 aliphatic rings. The summed E-state index contributed by atoms with van der Waals surface area (Å²) in [5, 5.41) is 15.2. The number of benzene rings is 1. The highest BCUT2D eigenvalue weighted by atomic mass is 16.7. The molecule has 0 saturated heterocycles. The Morgan fingerprint density at radius 3 is 2.79 bits per heavy atom. The van der Waals surface area contributed by atoms with Gasteiger partial charge in [0.25, 0.3) is 0 Å². The smallest absolute Gasteiger partial charge is 0.319 e. The van der Waals surface area contributed by atoms with Crippen LogP contribution in [0.5, 0.6) is 11.5 Å². The fourth-order valence-electron chi connectivity index (χ4n) is 3.50. The van der Waals surface area contributed by atoms with Crippen LogP contribution < -0.4 is 20.1 Å². The van der Waals surface area contributed by atoms with E-state index in [-0.39, 0.29) is 25.3 Å². The molecular weight excluding hydrogens is 308 g/mol. The number of urea groups is 1. The number of hydrogen-bond acceptors (Lipinski definition) is 4. The summed E-state index contributed by atoms with van der Waals surface area (Å²) in [4.78, 5) is 12.0. The zero-order chi connectivity index (χ0) is 16.8. The lowest BCUT2D eigenvalue weighted by Gasteiger charge is -2.25. The van der Waals surface area contributed by atoms with Gasteiger partial charge >= 0.3 is 6.03 Å². The molecule has 1 aromatic carbocycles. The molecule has 1 aliphatic heterocycles. The van der Waals surface area contributed by atoms with Gasteiger partial charge in [0, 0.05) is 24.9 Å². The van der Waals surface area contributed by atoms with Gasteiger partial charge < -0.3 is 25.2 Å². The van der Waals surface area contributed by atoms with Gasteiger partial charge in [-0.25, -0.2) is 4.79 Å². The van der Waals surface area contributed by atoms with E-state index in [1.54, 1.807) is 18.2 Å². The molecule has 3 N–H and O–H groups in total. The van der Waals surface area contributed by atoms with Crippen molar-refractivity contribution in [1.29, 1.82) is 0 Å². The molecule has 1 fully saturated rings. The van der Waals surface area contributed by atoms with Gasteiger partial charge in [0.15, 0.2) is 11.5 Å². The van der Waals surface area contributed by atoms with Gasteiger partial charge in [-0.2, -0.15) is 0 Å². The number of fused-ring (bicyclic) bond motifs is 1. The van der Waals surface area contributed by atoms with Crippen LogP contribution in [-0.2, 0) is 0 Å². The van der Waals surface area contributed by atoms with E-state index in [2.05, 4.69) is 10.6 Å². The number of rotatable bonds is 6. The molecule has 2 amide bonds. The predicted molar refractivity (Wildman–Crippen MR) is 91.4 cm³/mol. The molecule has 1 atom stereocenters. The minimum atomic E-state index is -0.268. The number of nitrogens with one attached hydrogen (secondary N) is 2. The number of ether oxygens (including phenoxy) is 2. The normalized spacial score (nSPS) is 18.2. The Labute approximate surface area is 142 Å². The summed E-state index contributed by atoms with van der Waals surface area (Å²) < 4.78 is 10.5. The molecule has 0 unspecified atom stereocenters. The zero-order valence-electron chi connectivity index (χ0n) is 13.9. The van der Waals surface area contributed by atoms with Crippen LogP contribution in [-0.4, -0.2) is 31.1 Å².